The molecule has 0 heterocycles. The molecule has 0 fully saturated rings. The van der Waals surface area contributed by atoms with Gasteiger partial charge in [-0.15, -0.1) is 24.8 Å². The number of alkyl halides is 3. The van der Waals surface area contributed by atoms with E-state index in [1.165, 1.54) is 12.1 Å². The van der Waals surface area contributed by atoms with Crippen molar-refractivity contribution in [1.29, 1.82) is 0 Å². The first-order valence-corrected chi connectivity index (χ1v) is 7.78. The van der Waals surface area contributed by atoms with Crippen molar-refractivity contribution in [3.63, 3.8) is 0 Å². The molecular formula is C18H22Cl2F3N3O. The van der Waals surface area contributed by atoms with E-state index in [4.69, 9.17) is 11.5 Å². The number of carbonyl (C=O) groups is 1. The second-order valence-electron chi connectivity index (χ2n) is 5.74. The Balaban J connectivity index is 0.00000338. The number of hydrogen-bond acceptors (Lipinski definition) is 3. The van der Waals surface area contributed by atoms with Crippen LogP contribution in [-0.2, 0) is 23.9 Å². The molecule has 0 bridgehead atoms. The summed E-state index contributed by atoms with van der Waals surface area (Å²) in [6.07, 6.45) is -3.95. The van der Waals surface area contributed by atoms with Crippen molar-refractivity contribution in [1.82, 2.24) is 0 Å². The van der Waals surface area contributed by atoms with Gasteiger partial charge in [0.25, 0.3) is 0 Å². The van der Waals surface area contributed by atoms with E-state index in [1.807, 2.05) is 0 Å². The third kappa shape index (κ3) is 7.28. The van der Waals surface area contributed by atoms with Crippen LogP contribution in [0.4, 0.5) is 18.9 Å². The van der Waals surface area contributed by atoms with Crippen LogP contribution in [0.15, 0.2) is 48.5 Å². The quantitative estimate of drug-likeness (QED) is 0.633. The van der Waals surface area contributed by atoms with E-state index < -0.39 is 23.6 Å². The number of nitrogens with two attached hydrogens (primary N) is 2. The number of benzene rings is 2. The number of anilines is 1. The van der Waals surface area contributed by atoms with Crippen molar-refractivity contribution in [2.24, 2.45) is 17.4 Å². The van der Waals surface area contributed by atoms with Gasteiger partial charge >= 0.3 is 6.18 Å². The molecular weight excluding hydrogens is 402 g/mol. The summed E-state index contributed by atoms with van der Waals surface area (Å²) in [5.41, 5.74) is 11.9. The zero-order valence-corrected chi connectivity index (χ0v) is 16.0. The van der Waals surface area contributed by atoms with Crippen LogP contribution in [0, 0.1) is 5.92 Å². The third-order valence-electron chi connectivity index (χ3n) is 3.93. The normalized spacial score (nSPS) is 11.7. The average molecular weight is 424 g/mol. The van der Waals surface area contributed by atoms with Crippen LogP contribution >= 0.6 is 24.8 Å². The molecule has 2 rings (SSSR count). The lowest BCUT2D eigenvalue weighted by Crippen LogP contribution is -2.31. The molecule has 0 radical (unpaired) electrons. The van der Waals surface area contributed by atoms with Gasteiger partial charge in [-0.05, 0) is 35.7 Å². The van der Waals surface area contributed by atoms with Crippen molar-refractivity contribution in [3.8, 4) is 0 Å². The molecule has 0 aliphatic rings. The molecule has 9 heteroatoms. The fraction of sp³-hybridized carbons (Fsp3) is 0.278. The minimum atomic E-state index is -4.38. The Hall–Kier alpha value is -1.96. The number of amides is 1. The molecule has 2 aromatic carbocycles. The molecule has 0 saturated carbocycles. The van der Waals surface area contributed by atoms with Gasteiger partial charge in [-0.1, -0.05) is 30.3 Å². The summed E-state index contributed by atoms with van der Waals surface area (Å²) in [5.74, 6) is -0.883. The maximum Gasteiger partial charge on any atom is 0.416 e. The molecule has 0 saturated heterocycles. The number of halogens is 5. The Bertz CT molecular complexity index is 725. The van der Waals surface area contributed by atoms with E-state index in [0.717, 1.165) is 11.6 Å². The topological polar surface area (TPSA) is 81.1 Å². The Morgan fingerprint density at radius 1 is 1.04 bits per heavy atom. The minimum absolute atomic E-state index is 0. The van der Waals surface area contributed by atoms with Crippen LogP contribution in [0.2, 0.25) is 0 Å². The van der Waals surface area contributed by atoms with Gasteiger partial charge < -0.3 is 16.8 Å². The molecule has 0 spiro atoms. The number of carbonyl (C=O) groups excluding carboxylic acids is 1. The maximum atomic E-state index is 13.0. The van der Waals surface area contributed by atoms with Gasteiger partial charge in [0.15, 0.2) is 0 Å². The van der Waals surface area contributed by atoms with Crippen molar-refractivity contribution >= 4 is 36.4 Å². The fourth-order valence-electron chi connectivity index (χ4n) is 2.49. The highest BCUT2D eigenvalue weighted by Gasteiger charge is 2.32. The van der Waals surface area contributed by atoms with Gasteiger partial charge in [0.05, 0.1) is 11.5 Å². The summed E-state index contributed by atoms with van der Waals surface area (Å²) in [6, 6.07) is 12.5. The van der Waals surface area contributed by atoms with Gasteiger partial charge in [0.1, 0.15) is 0 Å². The van der Waals surface area contributed by atoms with E-state index in [9.17, 15) is 18.0 Å². The summed E-state index contributed by atoms with van der Waals surface area (Å²) < 4.78 is 38.9. The Morgan fingerprint density at radius 3 is 2.15 bits per heavy atom. The van der Waals surface area contributed by atoms with Gasteiger partial charge in [0.2, 0.25) is 5.91 Å². The van der Waals surface area contributed by atoms with Gasteiger partial charge in [0, 0.05) is 18.8 Å². The summed E-state index contributed by atoms with van der Waals surface area (Å²) in [4.78, 5) is 11.2. The number of primary amides is 1. The molecule has 4 nitrogen and oxygen atoms in total. The van der Waals surface area contributed by atoms with Gasteiger partial charge in [-0.25, -0.2) is 0 Å². The molecule has 2 aromatic rings. The Morgan fingerprint density at radius 2 is 1.63 bits per heavy atom. The highest BCUT2D eigenvalue weighted by atomic mass is 35.5. The summed E-state index contributed by atoms with van der Waals surface area (Å²) >= 11 is 0. The minimum Gasteiger partial charge on any atom is -0.381 e. The van der Waals surface area contributed by atoms with E-state index >= 15 is 0 Å². The fourth-order valence-corrected chi connectivity index (χ4v) is 2.49. The van der Waals surface area contributed by atoms with Crippen LogP contribution < -0.4 is 16.8 Å². The molecule has 0 aromatic heterocycles. The van der Waals surface area contributed by atoms with E-state index in [0.29, 0.717) is 12.1 Å². The Labute approximate surface area is 168 Å². The smallest absolute Gasteiger partial charge is 0.381 e. The molecule has 0 aliphatic carbocycles. The standard InChI is InChI=1S/C18H20F3N3O.2ClH/c19-18(20,21)16-4-2-1-3-13(16)11-24-15-7-5-12(6-8-15)9-14(10-22)17(23)25;;/h1-8,14,24H,9-11,22H2,(H2,23,25);2*1H. The predicted molar refractivity (Wildman–Crippen MR) is 105 cm³/mol. The second-order valence-corrected chi connectivity index (χ2v) is 5.74. The Kier molecular flexibility index (Phi) is 10.2. The number of rotatable bonds is 7. The largest absolute Gasteiger partial charge is 0.416 e. The van der Waals surface area contributed by atoms with Crippen LogP contribution in [0.3, 0.4) is 0 Å². The molecule has 27 heavy (non-hydrogen) atoms. The SMILES string of the molecule is Cl.Cl.NCC(Cc1ccc(NCc2ccccc2C(F)(F)F)cc1)C(N)=O. The first-order chi connectivity index (χ1) is 11.8. The highest BCUT2D eigenvalue weighted by molar-refractivity contribution is 5.85. The van der Waals surface area contributed by atoms with Crippen LogP contribution in [0.1, 0.15) is 16.7 Å². The van der Waals surface area contributed by atoms with E-state index in [-0.39, 0.29) is 43.5 Å². The maximum absolute atomic E-state index is 13.0. The molecule has 5 N–H and O–H groups in total. The highest BCUT2D eigenvalue weighted by Crippen LogP contribution is 2.32. The lowest BCUT2D eigenvalue weighted by atomic mass is 9.99. The first-order valence-electron chi connectivity index (χ1n) is 7.78. The molecule has 150 valence electrons. The van der Waals surface area contributed by atoms with Crippen molar-refractivity contribution < 1.29 is 18.0 Å². The monoisotopic (exact) mass is 423 g/mol. The van der Waals surface area contributed by atoms with E-state index in [1.54, 1.807) is 30.3 Å². The van der Waals surface area contributed by atoms with Crippen molar-refractivity contribution in [3.05, 3.63) is 65.2 Å². The van der Waals surface area contributed by atoms with Crippen LogP contribution in [-0.4, -0.2) is 12.5 Å². The van der Waals surface area contributed by atoms with Crippen LogP contribution in [0.5, 0.6) is 0 Å². The van der Waals surface area contributed by atoms with Crippen LogP contribution in [0.25, 0.3) is 0 Å². The van der Waals surface area contributed by atoms with Gasteiger partial charge in [-0.3, -0.25) is 4.79 Å². The number of hydrogen-bond donors (Lipinski definition) is 3. The summed E-state index contributed by atoms with van der Waals surface area (Å²) in [7, 11) is 0. The van der Waals surface area contributed by atoms with Crippen molar-refractivity contribution in [2.45, 2.75) is 19.1 Å². The average Bonchev–Trinajstić information content (AvgIpc) is 2.58. The van der Waals surface area contributed by atoms with Crippen molar-refractivity contribution in [2.75, 3.05) is 11.9 Å². The molecule has 1 atom stereocenters. The number of nitrogens with one attached hydrogen (secondary N) is 1. The predicted octanol–water partition coefficient (Wildman–Crippen LogP) is 3.76. The summed E-state index contributed by atoms with van der Waals surface area (Å²) in [5, 5.41) is 2.97. The lowest BCUT2D eigenvalue weighted by Gasteiger charge is -2.14. The zero-order valence-electron chi connectivity index (χ0n) is 14.3. The lowest BCUT2D eigenvalue weighted by molar-refractivity contribution is -0.138. The molecule has 1 unspecified atom stereocenters. The molecule has 0 aliphatic heterocycles. The van der Waals surface area contributed by atoms with Gasteiger partial charge in [-0.2, -0.15) is 13.2 Å². The molecule has 1 amide bonds. The first kappa shape index (κ1) is 25.0. The zero-order chi connectivity index (χ0) is 18.4. The second kappa shape index (κ2) is 11.0. The summed E-state index contributed by atoms with van der Waals surface area (Å²) in [6.45, 7) is 0.227. The van der Waals surface area contributed by atoms with E-state index in [2.05, 4.69) is 5.32 Å². The third-order valence-corrected chi connectivity index (χ3v) is 3.93.